The van der Waals surface area contributed by atoms with Gasteiger partial charge in [0.2, 0.25) is 12.7 Å². The van der Waals surface area contributed by atoms with E-state index in [0.717, 1.165) is 4.90 Å². The Labute approximate surface area is 245 Å². The molecule has 0 atom stereocenters. The van der Waals surface area contributed by atoms with Crippen molar-refractivity contribution in [2.24, 2.45) is 0 Å². The number of fused-ring (bicyclic) bond motifs is 1. The molecule has 1 aliphatic rings. The Morgan fingerprint density at radius 3 is 2.29 bits per heavy atom. The summed E-state index contributed by atoms with van der Waals surface area (Å²) in [5.74, 6) is 0.320. The van der Waals surface area contributed by atoms with E-state index >= 15 is 0 Å². The second kappa shape index (κ2) is 13.1. The molecule has 5 rings (SSSR count). The van der Waals surface area contributed by atoms with Gasteiger partial charge in [-0.2, -0.15) is 0 Å². The highest BCUT2D eigenvalue weighted by atomic mass is 35.5. The monoisotopic (exact) mass is 585 g/mol. The minimum atomic E-state index is -0.516. The normalized spacial score (nSPS) is 12.0. The van der Waals surface area contributed by atoms with Gasteiger partial charge in [0.25, 0.3) is 11.8 Å². The average Bonchev–Trinajstić information content (AvgIpc) is 3.46. The molecule has 0 aromatic heterocycles. The van der Waals surface area contributed by atoms with Gasteiger partial charge < -0.3 is 25.4 Å². The zero-order chi connectivity index (χ0) is 28.6. The molecule has 1 heterocycles. The van der Waals surface area contributed by atoms with E-state index in [1.165, 1.54) is 17.8 Å². The number of carbonyl (C=O) groups excluding carboxylic acids is 3. The van der Waals surface area contributed by atoms with Crippen molar-refractivity contribution in [1.29, 1.82) is 0 Å². The first kappa shape index (κ1) is 27.8. The molecule has 0 radical (unpaired) electrons. The molecule has 0 saturated carbocycles. The zero-order valence-electron chi connectivity index (χ0n) is 21.6. The fraction of sp³-hybridized carbons (Fsp3) is 0.0645. The van der Waals surface area contributed by atoms with Gasteiger partial charge in [-0.1, -0.05) is 48.0 Å². The molecule has 0 aliphatic carbocycles. The molecular formula is C31H24ClN3O5S. The van der Waals surface area contributed by atoms with Crippen molar-refractivity contribution in [3.05, 3.63) is 119 Å². The number of nitrogens with one attached hydrogen (secondary N) is 3. The molecule has 1 aliphatic heterocycles. The molecular weight excluding hydrogens is 562 g/mol. The Balaban J connectivity index is 1.21. The maximum absolute atomic E-state index is 13.2. The second-order valence-electron chi connectivity index (χ2n) is 8.78. The van der Waals surface area contributed by atoms with Gasteiger partial charge in [0.15, 0.2) is 11.5 Å². The zero-order valence-corrected chi connectivity index (χ0v) is 23.1. The van der Waals surface area contributed by atoms with E-state index in [-0.39, 0.29) is 24.2 Å². The summed E-state index contributed by atoms with van der Waals surface area (Å²) in [6, 6.07) is 27.9. The van der Waals surface area contributed by atoms with Gasteiger partial charge in [0.05, 0.1) is 5.75 Å². The highest BCUT2D eigenvalue weighted by Crippen LogP contribution is 2.34. The fourth-order valence-electron chi connectivity index (χ4n) is 3.84. The molecule has 0 spiro atoms. The van der Waals surface area contributed by atoms with E-state index in [1.807, 2.05) is 0 Å². The molecule has 0 bridgehead atoms. The van der Waals surface area contributed by atoms with Gasteiger partial charge in [0, 0.05) is 32.9 Å². The molecule has 206 valence electrons. The van der Waals surface area contributed by atoms with E-state index in [0.29, 0.717) is 39.0 Å². The molecule has 4 aromatic carbocycles. The Morgan fingerprint density at radius 2 is 1.51 bits per heavy atom. The SMILES string of the molecule is O=C(CSc1ccc(NC(=O)/C(=C/c2ccccc2Cl)NC(=O)c2ccccc2)cc1)Nc1ccc2c(c1)OCO2. The smallest absolute Gasteiger partial charge is 0.272 e. The maximum Gasteiger partial charge on any atom is 0.272 e. The lowest BCUT2D eigenvalue weighted by atomic mass is 10.1. The van der Waals surface area contributed by atoms with Crippen molar-refractivity contribution in [2.45, 2.75) is 4.90 Å². The van der Waals surface area contributed by atoms with Crippen LogP contribution in [0.4, 0.5) is 11.4 Å². The van der Waals surface area contributed by atoms with Crippen molar-refractivity contribution < 1.29 is 23.9 Å². The number of hydrogen-bond donors (Lipinski definition) is 3. The molecule has 0 unspecified atom stereocenters. The van der Waals surface area contributed by atoms with E-state index in [4.69, 9.17) is 21.1 Å². The Morgan fingerprint density at radius 1 is 0.805 bits per heavy atom. The van der Waals surface area contributed by atoms with Crippen LogP contribution in [0.15, 0.2) is 108 Å². The maximum atomic E-state index is 13.2. The topological polar surface area (TPSA) is 106 Å². The highest BCUT2D eigenvalue weighted by molar-refractivity contribution is 8.00. The molecule has 3 amide bonds. The van der Waals surface area contributed by atoms with Crippen molar-refractivity contribution >= 4 is 58.5 Å². The van der Waals surface area contributed by atoms with Gasteiger partial charge in [-0.15, -0.1) is 11.8 Å². The number of halogens is 1. The molecule has 3 N–H and O–H groups in total. The fourth-order valence-corrected chi connectivity index (χ4v) is 4.73. The van der Waals surface area contributed by atoms with E-state index in [1.54, 1.807) is 97.1 Å². The molecule has 41 heavy (non-hydrogen) atoms. The predicted molar refractivity (Wildman–Crippen MR) is 160 cm³/mol. The van der Waals surface area contributed by atoms with Crippen LogP contribution in [0.3, 0.4) is 0 Å². The van der Waals surface area contributed by atoms with Crippen LogP contribution in [-0.4, -0.2) is 30.3 Å². The van der Waals surface area contributed by atoms with Crippen LogP contribution in [0.2, 0.25) is 5.02 Å². The number of benzene rings is 4. The van der Waals surface area contributed by atoms with Crippen LogP contribution in [0, 0.1) is 0 Å². The van der Waals surface area contributed by atoms with Gasteiger partial charge in [-0.3, -0.25) is 14.4 Å². The summed E-state index contributed by atoms with van der Waals surface area (Å²) in [7, 11) is 0. The largest absolute Gasteiger partial charge is 0.454 e. The summed E-state index contributed by atoms with van der Waals surface area (Å²) < 4.78 is 10.6. The van der Waals surface area contributed by atoms with E-state index in [9.17, 15) is 14.4 Å². The van der Waals surface area contributed by atoms with Crippen LogP contribution in [0.1, 0.15) is 15.9 Å². The average molecular weight is 586 g/mol. The molecule has 0 saturated heterocycles. The van der Waals surface area contributed by atoms with Gasteiger partial charge in [0.1, 0.15) is 5.70 Å². The quantitative estimate of drug-likeness (QED) is 0.159. The first-order chi connectivity index (χ1) is 19.9. The molecule has 4 aromatic rings. The Bertz CT molecular complexity index is 1610. The lowest BCUT2D eigenvalue weighted by molar-refractivity contribution is -0.114. The number of carbonyl (C=O) groups is 3. The second-order valence-corrected chi connectivity index (χ2v) is 10.2. The summed E-state index contributed by atoms with van der Waals surface area (Å²) in [4.78, 5) is 39.3. The first-order valence-electron chi connectivity index (χ1n) is 12.5. The van der Waals surface area contributed by atoms with Crippen LogP contribution in [0.25, 0.3) is 6.08 Å². The minimum Gasteiger partial charge on any atom is -0.454 e. The third kappa shape index (κ3) is 7.47. The van der Waals surface area contributed by atoms with Crippen molar-refractivity contribution in [2.75, 3.05) is 23.2 Å². The highest BCUT2D eigenvalue weighted by Gasteiger charge is 2.17. The number of ether oxygens (including phenoxy) is 2. The standard InChI is InChI=1S/C31H24ClN3O5S/c32-25-9-5-4-8-21(25)16-26(35-30(37)20-6-2-1-3-7-20)31(38)34-22-10-13-24(14-11-22)41-18-29(36)33-23-12-15-27-28(17-23)40-19-39-27/h1-17H,18-19H2,(H,33,36)(H,34,38)(H,35,37)/b26-16-. The first-order valence-corrected chi connectivity index (χ1v) is 13.9. The van der Waals surface area contributed by atoms with Gasteiger partial charge in [-0.25, -0.2) is 0 Å². The van der Waals surface area contributed by atoms with E-state index in [2.05, 4.69) is 16.0 Å². The van der Waals surface area contributed by atoms with Gasteiger partial charge >= 0.3 is 0 Å². The Hall–Kier alpha value is -4.73. The number of amides is 3. The summed E-state index contributed by atoms with van der Waals surface area (Å²) in [5.41, 5.74) is 2.17. The summed E-state index contributed by atoms with van der Waals surface area (Å²) in [6.45, 7) is 0.167. The third-order valence-corrected chi connectivity index (χ3v) is 7.23. The number of rotatable bonds is 9. The number of hydrogen-bond acceptors (Lipinski definition) is 6. The van der Waals surface area contributed by atoms with Crippen LogP contribution in [-0.2, 0) is 9.59 Å². The van der Waals surface area contributed by atoms with Crippen LogP contribution in [0.5, 0.6) is 11.5 Å². The van der Waals surface area contributed by atoms with Crippen molar-refractivity contribution in [3.63, 3.8) is 0 Å². The number of thioether (sulfide) groups is 1. The summed E-state index contributed by atoms with van der Waals surface area (Å²) in [6.07, 6.45) is 1.53. The lowest BCUT2D eigenvalue weighted by Crippen LogP contribution is -2.30. The van der Waals surface area contributed by atoms with E-state index < -0.39 is 11.8 Å². The van der Waals surface area contributed by atoms with Gasteiger partial charge in [-0.05, 0) is 66.2 Å². The molecule has 0 fully saturated rings. The summed E-state index contributed by atoms with van der Waals surface area (Å²) >= 11 is 7.65. The number of anilines is 2. The van der Waals surface area contributed by atoms with Crippen molar-refractivity contribution in [1.82, 2.24) is 5.32 Å². The minimum absolute atomic E-state index is 0.0330. The molecule has 10 heteroatoms. The lowest BCUT2D eigenvalue weighted by Gasteiger charge is -2.12. The third-order valence-electron chi connectivity index (χ3n) is 5.87. The molecule has 8 nitrogen and oxygen atoms in total. The predicted octanol–water partition coefficient (Wildman–Crippen LogP) is 6.21. The Kier molecular flexibility index (Phi) is 8.88. The summed E-state index contributed by atoms with van der Waals surface area (Å²) in [5, 5.41) is 8.78. The van der Waals surface area contributed by atoms with Crippen LogP contribution >= 0.6 is 23.4 Å². The van der Waals surface area contributed by atoms with Crippen molar-refractivity contribution in [3.8, 4) is 11.5 Å². The van der Waals surface area contributed by atoms with Crippen LogP contribution < -0.4 is 25.4 Å².